The number of nitrogens with zero attached hydrogens (tertiary/aromatic N) is 3. The van der Waals surface area contributed by atoms with Crippen molar-refractivity contribution >= 4 is 44.1 Å². The van der Waals surface area contributed by atoms with Crippen molar-refractivity contribution in [2.75, 3.05) is 17.8 Å². The van der Waals surface area contributed by atoms with Gasteiger partial charge in [0.05, 0.1) is 16.2 Å². The Kier molecular flexibility index (Phi) is 7.43. The van der Waals surface area contributed by atoms with Crippen LogP contribution in [0.25, 0.3) is 10.9 Å². The lowest BCUT2D eigenvalue weighted by atomic mass is 10.0. The molecule has 2 aliphatic rings. The number of carbonyl (C=O) groups is 1. The van der Waals surface area contributed by atoms with Crippen molar-refractivity contribution in [3.8, 4) is 0 Å². The van der Waals surface area contributed by atoms with Crippen molar-refractivity contribution in [2.24, 2.45) is 5.92 Å². The normalized spacial score (nSPS) is 21.4. The molecule has 5 rings (SSSR count). The molecule has 0 bridgehead atoms. The third-order valence-corrected chi connectivity index (χ3v) is 9.40. The van der Waals surface area contributed by atoms with E-state index in [4.69, 9.17) is 11.6 Å². The number of para-hydroxylation sites is 1. The minimum atomic E-state index is -3.91. The summed E-state index contributed by atoms with van der Waals surface area (Å²) in [7, 11) is -3.91. The number of sulfonamides is 1. The fraction of sp³-hybridized carbons (Fsp3) is 0.429. The van der Waals surface area contributed by atoms with E-state index < -0.39 is 10.0 Å². The first kappa shape index (κ1) is 25.9. The predicted octanol–water partition coefficient (Wildman–Crippen LogP) is 5.30. The Bertz CT molecular complexity index is 1390. The van der Waals surface area contributed by atoms with Crippen molar-refractivity contribution in [1.29, 1.82) is 0 Å². The number of rotatable bonds is 6. The monoisotopic (exact) mass is 540 g/mol. The zero-order chi connectivity index (χ0) is 26.2. The van der Waals surface area contributed by atoms with Gasteiger partial charge in [-0.25, -0.2) is 8.42 Å². The van der Waals surface area contributed by atoms with Gasteiger partial charge in [-0.15, -0.1) is 0 Å². The molecule has 1 N–H and O–H groups in total. The Morgan fingerprint density at radius 3 is 2.43 bits per heavy atom. The molecule has 2 aromatic carbocycles. The average Bonchev–Trinajstić information content (AvgIpc) is 3.41. The van der Waals surface area contributed by atoms with E-state index in [1.54, 1.807) is 30.5 Å². The van der Waals surface area contributed by atoms with Crippen LogP contribution in [0.4, 0.5) is 5.69 Å². The molecule has 1 amide bonds. The second-order valence-corrected chi connectivity index (χ2v) is 12.4. The number of fused-ring (bicyclic) bond motifs is 1. The molecule has 1 saturated heterocycles. The summed E-state index contributed by atoms with van der Waals surface area (Å²) in [6, 6.07) is 14.3. The van der Waals surface area contributed by atoms with Crippen LogP contribution in [0.5, 0.6) is 0 Å². The Balaban J connectivity index is 1.32. The zero-order valence-corrected chi connectivity index (χ0v) is 22.8. The summed E-state index contributed by atoms with van der Waals surface area (Å²) in [4.78, 5) is 21.9. The van der Waals surface area contributed by atoms with Gasteiger partial charge in [-0.05, 0) is 50.5 Å². The Hall–Kier alpha value is -2.68. The van der Waals surface area contributed by atoms with E-state index in [0.717, 1.165) is 49.7 Å². The topological polar surface area (TPSA) is 82.6 Å². The summed E-state index contributed by atoms with van der Waals surface area (Å²) in [6.45, 7) is 6.29. The second kappa shape index (κ2) is 10.6. The number of benzene rings is 2. The van der Waals surface area contributed by atoms with E-state index in [0.29, 0.717) is 28.7 Å². The van der Waals surface area contributed by atoms with Crippen molar-refractivity contribution in [2.45, 2.75) is 63.1 Å². The molecule has 1 aliphatic heterocycles. The number of pyridine rings is 1. The lowest BCUT2D eigenvalue weighted by Crippen LogP contribution is -2.59. The van der Waals surface area contributed by atoms with Crippen LogP contribution in [0.1, 0.15) is 45.1 Å². The van der Waals surface area contributed by atoms with Crippen LogP contribution >= 0.6 is 11.6 Å². The van der Waals surface area contributed by atoms with Crippen molar-refractivity contribution < 1.29 is 13.2 Å². The average molecular weight is 541 g/mol. The van der Waals surface area contributed by atoms with Gasteiger partial charge in [-0.1, -0.05) is 54.8 Å². The number of carbonyl (C=O) groups excluding carboxylic acids is 1. The summed E-state index contributed by atoms with van der Waals surface area (Å²) < 4.78 is 29.3. The highest BCUT2D eigenvalue weighted by Gasteiger charge is 2.37. The maximum atomic E-state index is 13.3. The molecule has 9 heteroatoms. The van der Waals surface area contributed by atoms with Gasteiger partial charge >= 0.3 is 0 Å². The van der Waals surface area contributed by atoms with Crippen LogP contribution < -0.4 is 4.72 Å². The van der Waals surface area contributed by atoms with Gasteiger partial charge in [-0.3, -0.25) is 19.4 Å². The number of piperazine rings is 1. The molecule has 2 fully saturated rings. The quantitative estimate of drug-likeness (QED) is 0.459. The molecule has 1 aromatic heterocycles. The molecule has 0 spiro atoms. The highest BCUT2D eigenvalue weighted by atomic mass is 35.5. The molecule has 0 radical (unpaired) electrons. The Labute approximate surface area is 223 Å². The van der Waals surface area contributed by atoms with E-state index in [2.05, 4.69) is 33.4 Å². The van der Waals surface area contributed by atoms with Crippen LogP contribution in [0.2, 0.25) is 5.02 Å². The van der Waals surface area contributed by atoms with Gasteiger partial charge in [0, 0.05) is 49.2 Å². The van der Waals surface area contributed by atoms with Crippen molar-refractivity contribution in [1.82, 2.24) is 14.8 Å². The molecule has 0 unspecified atom stereocenters. The largest absolute Gasteiger partial charge is 0.334 e. The molecule has 3 aromatic rings. The van der Waals surface area contributed by atoms with Gasteiger partial charge in [0.15, 0.2) is 0 Å². The zero-order valence-electron chi connectivity index (χ0n) is 21.2. The molecular weight excluding hydrogens is 508 g/mol. The smallest absolute Gasteiger partial charge is 0.264 e. The first-order valence-electron chi connectivity index (χ1n) is 12.9. The summed E-state index contributed by atoms with van der Waals surface area (Å²) in [5.41, 5.74) is 1.59. The van der Waals surface area contributed by atoms with E-state index in [1.807, 2.05) is 24.3 Å². The minimum absolute atomic E-state index is 0.108. The number of anilines is 1. The van der Waals surface area contributed by atoms with Gasteiger partial charge in [-0.2, -0.15) is 0 Å². The fourth-order valence-corrected chi connectivity index (χ4v) is 7.44. The molecule has 7 nitrogen and oxygen atoms in total. The fourth-order valence-electron chi connectivity index (χ4n) is 5.89. The minimum Gasteiger partial charge on any atom is -0.334 e. The number of hydrogen-bond acceptors (Lipinski definition) is 5. The first-order valence-corrected chi connectivity index (χ1v) is 14.8. The van der Waals surface area contributed by atoms with Crippen LogP contribution in [0.15, 0.2) is 59.6 Å². The molecule has 2 atom stereocenters. The highest BCUT2D eigenvalue weighted by molar-refractivity contribution is 7.93. The standard InChI is InChI=1S/C28H33ClN4O3S/c1-19-16-32(17-20(2)33(19)28(34)22-8-3-4-9-22)18-23-11-5-13-24(26(23)29)31-37(35,36)25-14-6-10-21-12-7-15-30-27(21)25/h5-7,10-15,19-20,22,31H,3-4,8-9,16-18H2,1-2H3/t19-,20+. The molecule has 196 valence electrons. The Morgan fingerprint density at radius 1 is 1.03 bits per heavy atom. The third-order valence-electron chi connectivity index (χ3n) is 7.56. The van der Waals surface area contributed by atoms with E-state index in [1.165, 1.54) is 0 Å². The molecule has 1 saturated carbocycles. The van der Waals surface area contributed by atoms with Crippen LogP contribution in [0.3, 0.4) is 0 Å². The second-order valence-electron chi connectivity index (χ2n) is 10.3. The number of hydrogen-bond donors (Lipinski definition) is 1. The third kappa shape index (κ3) is 5.33. The van der Waals surface area contributed by atoms with E-state index in [-0.39, 0.29) is 22.9 Å². The van der Waals surface area contributed by atoms with Gasteiger partial charge in [0.2, 0.25) is 5.91 Å². The van der Waals surface area contributed by atoms with Gasteiger partial charge in [0.25, 0.3) is 10.0 Å². The molecular formula is C28H33ClN4O3S. The van der Waals surface area contributed by atoms with Crippen LogP contribution in [-0.4, -0.2) is 54.3 Å². The SMILES string of the molecule is C[C@@H]1CN(Cc2cccc(NS(=O)(=O)c3cccc4cccnc34)c2Cl)C[C@H](C)N1C(=O)C1CCCC1. The number of nitrogens with one attached hydrogen (secondary N) is 1. The van der Waals surface area contributed by atoms with E-state index in [9.17, 15) is 13.2 Å². The first-order chi connectivity index (χ1) is 17.7. The maximum absolute atomic E-state index is 13.3. The van der Waals surface area contributed by atoms with E-state index >= 15 is 0 Å². The highest BCUT2D eigenvalue weighted by Crippen LogP contribution is 2.33. The number of amides is 1. The number of aromatic nitrogens is 1. The molecule has 2 heterocycles. The van der Waals surface area contributed by atoms with Gasteiger partial charge in [0.1, 0.15) is 4.90 Å². The molecule has 1 aliphatic carbocycles. The molecule has 37 heavy (non-hydrogen) atoms. The van der Waals surface area contributed by atoms with Gasteiger partial charge < -0.3 is 4.90 Å². The number of halogens is 1. The summed E-state index contributed by atoms with van der Waals surface area (Å²) >= 11 is 6.74. The lowest BCUT2D eigenvalue weighted by molar-refractivity contribution is -0.143. The Morgan fingerprint density at radius 2 is 1.70 bits per heavy atom. The van der Waals surface area contributed by atoms with Crippen LogP contribution in [-0.2, 0) is 21.4 Å². The van der Waals surface area contributed by atoms with Crippen molar-refractivity contribution in [3.05, 3.63) is 65.3 Å². The van der Waals surface area contributed by atoms with Crippen LogP contribution in [0, 0.1) is 5.92 Å². The summed E-state index contributed by atoms with van der Waals surface area (Å²) in [5.74, 6) is 0.474. The lowest BCUT2D eigenvalue weighted by Gasteiger charge is -2.45. The van der Waals surface area contributed by atoms with Crippen molar-refractivity contribution in [3.63, 3.8) is 0 Å². The maximum Gasteiger partial charge on any atom is 0.264 e. The summed E-state index contributed by atoms with van der Waals surface area (Å²) in [5, 5.41) is 1.13. The predicted molar refractivity (Wildman–Crippen MR) is 147 cm³/mol. The summed E-state index contributed by atoms with van der Waals surface area (Å²) in [6.07, 6.45) is 5.89.